The number of nitrogens with two attached hydrogens (primary N) is 1. The Morgan fingerprint density at radius 3 is 2.60 bits per heavy atom. The third-order valence-electron chi connectivity index (χ3n) is 1.91. The number of halogens is 1. The summed E-state index contributed by atoms with van der Waals surface area (Å²) in [6.45, 7) is 0. The van der Waals surface area contributed by atoms with Crippen molar-refractivity contribution >= 4 is 18.4 Å². The third kappa shape index (κ3) is 3.42. The van der Waals surface area contributed by atoms with Crippen LogP contribution in [0.3, 0.4) is 0 Å². The van der Waals surface area contributed by atoms with Gasteiger partial charge in [0, 0.05) is 0 Å². The first-order chi connectivity index (χ1) is 6.69. The zero-order chi connectivity index (χ0) is 10.6. The Bertz CT molecular complexity index is 330. The Hall–Kier alpha value is -1.26. The third-order valence-corrected chi connectivity index (χ3v) is 1.91. The molecule has 0 saturated carbocycles. The van der Waals surface area contributed by atoms with Gasteiger partial charge < -0.3 is 15.2 Å². The van der Waals surface area contributed by atoms with Crippen LogP contribution in [0.5, 0.6) is 5.75 Å². The number of hydrogen-bond acceptors (Lipinski definition) is 4. The molecule has 1 atom stereocenters. The zero-order valence-electron chi connectivity index (χ0n) is 8.60. The highest BCUT2D eigenvalue weighted by Gasteiger charge is 2.16. The molecule has 84 valence electrons. The molecule has 2 N–H and O–H groups in total. The zero-order valence-corrected chi connectivity index (χ0v) is 9.41. The van der Waals surface area contributed by atoms with Crippen LogP contribution in [0.4, 0.5) is 0 Å². The van der Waals surface area contributed by atoms with Crippen LogP contribution in [0.15, 0.2) is 24.3 Å². The number of ether oxygens (including phenoxy) is 2. The van der Waals surface area contributed by atoms with Gasteiger partial charge in [0.05, 0.1) is 14.2 Å². The number of carbonyl (C=O) groups is 1. The lowest BCUT2D eigenvalue weighted by Gasteiger charge is -2.10. The maximum absolute atomic E-state index is 11.1. The lowest BCUT2D eigenvalue weighted by Crippen LogP contribution is -2.22. The van der Waals surface area contributed by atoms with Gasteiger partial charge in [-0.25, -0.2) is 0 Å². The average molecular weight is 232 g/mol. The summed E-state index contributed by atoms with van der Waals surface area (Å²) in [6.07, 6.45) is 0. The standard InChI is InChI=1S/C10H13NO3.ClH/c1-13-8-5-3-4-7(6-8)9(11)10(12)14-2;/h3-6,9H,11H2,1-2H3;1H/t9-;/m1./s1. The molecule has 5 heteroatoms. The van der Waals surface area contributed by atoms with E-state index in [1.54, 1.807) is 31.4 Å². The topological polar surface area (TPSA) is 61.5 Å². The molecule has 0 saturated heterocycles. The molecule has 0 fully saturated rings. The fraction of sp³-hybridized carbons (Fsp3) is 0.300. The van der Waals surface area contributed by atoms with E-state index in [0.717, 1.165) is 0 Å². The van der Waals surface area contributed by atoms with Gasteiger partial charge in [0.2, 0.25) is 0 Å². The summed E-state index contributed by atoms with van der Waals surface area (Å²) < 4.78 is 9.55. The van der Waals surface area contributed by atoms with Crippen LogP contribution in [0, 0.1) is 0 Å². The molecular formula is C10H14ClNO3. The van der Waals surface area contributed by atoms with Crippen molar-refractivity contribution in [2.45, 2.75) is 6.04 Å². The summed E-state index contributed by atoms with van der Waals surface area (Å²) in [5.41, 5.74) is 6.32. The molecule has 1 aromatic rings. The van der Waals surface area contributed by atoms with Crippen LogP contribution in [0.25, 0.3) is 0 Å². The van der Waals surface area contributed by atoms with Gasteiger partial charge in [0.1, 0.15) is 11.8 Å². The van der Waals surface area contributed by atoms with Crippen molar-refractivity contribution in [1.82, 2.24) is 0 Å². The minimum absolute atomic E-state index is 0. The van der Waals surface area contributed by atoms with Gasteiger partial charge in [0.25, 0.3) is 0 Å². The maximum atomic E-state index is 11.1. The van der Waals surface area contributed by atoms with E-state index in [2.05, 4.69) is 4.74 Å². The molecule has 0 aromatic heterocycles. The Balaban J connectivity index is 0.00000196. The van der Waals surface area contributed by atoms with Crippen LogP contribution in [-0.4, -0.2) is 20.2 Å². The normalized spacial score (nSPS) is 11.1. The van der Waals surface area contributed by atoms with E-state index in [4.69, 9.17) is 10.5 Å². The smallest absolute Gasteiger partial charge is 0.327 e. The molecule has 1 rings (SSSR count). The van der Waals surface area contributed by atoms with E-state index in [1.165, 1.54) is 7.11 Å². The van der Waals surface area contributed by atoms with Gasteiger partial charge in [0.15, 0.2) is 0 Å². The lowest BCUT2D eigenvalue weighted by molar-refractivity contribution is -0.142. The van der Waals surface area contributed by atoms with Crippen molar-refractivity contribution in [2.75, 3.05) is 14.2 Å². The molecule has 0 radical (unpaired) electrons. The molecule has 0 aliphatic carbocycles. The molecule has 0 amide bonds. The summed E-state index contributed by atoms with van der Waals surface area (Å²) in [5, 5.41) is 0. The molecular weight excluding hydrogens is 218 g/mol. The summed E-state index contributed by atoms with van der Waals surface area (Å²) in [5.74, 6) is 0.208. The quantitative estimate of drug-likeness (QED) is 0.797. The predicted molar refractivity (Wildman–Crippen MR) is 59.2 cm³/mol. The van der Waals surface area contributed by atoms with Crippen LogP contribution in [0.1, 0.15) is 11.6 Å². The van der Waals surface area contributed by atoms with Crippen molar-refractivity contribution in [3.63, 3.8) is 0 Å². The number of rotatable bonds is 3. The van der Waals surface area contributed by atoms with Crippen molar-refractivity contribution in [3.8, 4) is 5.75 Å². The van der Waals surface area contributed by atoms with Crippen molar-refractivity contribution < 1.29 is 14.3 Å². The number of benzene rings is 1. The second-order valence-electron chi connectivity index (χ2n) is 2.78. The Kier molecular flexibility index (Phi) is 5.74. The van der Waals surface area contributed by atoms with Crippen molar-refractivity contribution in [2.24, 2.45) is 5.73 Å². The molecule has 4 nitrogen and oxygen atoms in total. The second kappa shape index (κ2) is 6.27. The Labute approximate surface area is 94.8 Å². The Morgan fingerprint density at radius 2 is 2.07 bits per heavy atom. The average Bonchev–Trinajstić information content (AvgIpc) is 2.27. The highest BCUT2D eigenvalue weighted by molar-refractivity contribution is 5.85. The van der Waals surface area contributed by atoms with E-state index in [-0.39, 0.29) is 12.4 Å². The molecule has 0 aliphatic heterocycles. The van der Waals surface area contributed by atoms with Gasteiger partial charge in [-0.3, -0.25) is 4.79 Å². The van der Waals surface area contributed by atoms with Gasteiger partial charge in [-0.1, -0.05) is 12.1 Å². The van der Waals surface area contributed by atoms with E-state index in [9.17, 15) is 4.79 Å². The molecule has 0 unspecified atom stereocenters. The predicted octanol–water partition coefficient (Wildman–Crippen LogP) is 1.29. The Morgan fingerprint density at radius 1 is 1.40 bits per heavy atom. The monoisotopic (exact) mass is 231 g/mol. The molecule has 0 spiro atoms. The second-order valence-corrected chi connectivity index (χ2v) is 2.78. The number of hydrogen-bond donors (Lipinski definition) is 1. The number of methoxy groups -OCH3 is 2. The summed E-state index contributed by atoms with van der Waals surface area (Å²) in [7, 11) is 2.87. The first-order valence-corrected chi connectivity index (χ1v) is 4.16. The van der Waals surface area contributed by atoms with Gasteiger partial charge in [-0.15, -0.1) is 12.4 Å². The fourth-order valence-electron chi connectivity index (χ4n) is 1.10. The van der Waals surface area contributed by atoms with Crippen molar-refractivity contribution in [1.29, 1.82) is 0 Å². The van der Waals surface area contributed by atoms with Crippen LogP contribution >= 0.6 is 12.4 Å². The molecule has 0 bridgehead atoms. The van der Waals surface area contributed by atoms with E-state index in [0.29, 0.717) is 11.3 Å². The summed E-state index contributed by atoms with van der Waals surface area (Å²) >= 11 is 0. The van der Waals surface area contributed by atoms with E-state index < -0.39 is 12.0 Å². The molecule has 15 heavy (non-hydrogen) atoms. The molecule has 1 aromatic carbocycles. The van der Waals surface area contributed by atoms with Gasteiger partial charge >= 0.3 is 5.97 Å². The van der Waals surface area contributed by atoms with E-state index >= 15 is 0 Å². The molecule has 0 heterocycles. The number of carbonyl (C=O) groups excluding carboxylic acids is 1. The highest BCUT2D eigenvalue weighted by atomic mass is 35.5. The van der Waals surface area contributed by atoms with Crippen LogP contribution in [0.2, 0.25) is 0 Å². The first-order valence-electron chi connectivity index (χ1n) is 4.16. The summed E-state index contributed by atoms with van der Waals surface area (Å²) in [4.78, 5) is 11.1. The van der Waals surface area contributed by atoms with Gasteiger partial charge in [-0.05, 0) is 17.7 Å². The largest absolute Gasteiger partial charge is 0.497 e. The number of esters is 1. The van der Waals surface area contributed by atoms with E-state index in [1.807, 2.05) is 0 Å². The minimum Gasteiger partial charge on any atom is -0.497 e. The van der Waals surface area contributed by atoms with Crippen molar-refractivity contribution in [3.05, 3.63) is 29.8 Å². The van der Waals surface area contributed by atoms with Gasteiger partial charge in [-0.2, -0.15) is 0 Å². The minimum atomic E-state index is -0.755. The first kappa shape index (κ1) is 13.7. The van der Waals surface area contributed by atoms with Crippen LogP contribution < -0.4 is 10.5 Å². The SMILES string of the molecule is COC(=O)[C@H](N)c1cccc(OC)c1.Cl. The van der Waals surface area contributed by atoms with Crippen LogP contribution in [-0.2, 0) is 9.53 Å². The summed E-state index contributed by atoms with van der Waals surface area (Å²) in [6, 6.07) is 6.27. The fourth-order valence-corrected chi connectivity index (χ4v) is 1.10. The maximum Gasteiger partial charge on any atom is 0.327 e. The molecule has 0 aliphatic rings. The highest BCUT2D eigenvalue weighted by Crippen LogP contribution is 2.18. The lowest BCUT2D eigenvalue weighted by atomic mass is 10.1.